The number of rotatable bonds is 4. The lowest BCUT2D eigenvalue weighted by Gasteiger charge is -2.26. The molecule has 1 saturated heterocycles. The molecule has 104 valence electrons. The Morgan fingerprint density at radius 2 is 2.16 bits per heavy atom. The Hall–Kier alpha value is -1.21. The van der Waals surface area contributed by atoms with E-state index in [4.69, 9.17) is 17.0 Å². The van der Waals surface area contributed by atoms with E-state index in [1.807, 2.05) is 9.47 Å². The fourth-order valence-corrected chi connectivity index (χ4v) is 2.61. The molecule has 1 N–H and O–H groups in total. The highest BCUT2D eigenvalue weighted by Gasteiger charge is 2.29. The maximum atomic E-state index is 12.1. The van der Waals surface area contributed by atoms with Crippen LogP contribution in [-0.4, -0.2) is 51.9 Å². The van der Waals surface area contributed by atoms with E-state index in [1.165, 1.54) is 12.8 Å². The molecule has 0 spiro atoms. The Morgan fingerprint density at radius 3 is 2.84 bits per heavy atom. The van der Waals surface area contributed by atoms with Crippen LogP contribution in [-0.2, 0) is 16.1 Å². The number of ether oxygens (including phenoxy) is 1. The molecule has 2 aliphatic rings. The number of carbonyl (C=O) groups excluding carboxylic acids is 1. The normalized spacial score (nSPS) is 19.7. The maximum Gasteiger partial charge on any atom is 0.224 e. The summed E-state index contributed by atoms with van der Waals surface area (Å²) in [4.78, 5) is 14.0. The Bertz CT molecular complexity index is 514. The highest BCUT2D eigenvalue weighted by Crippen LogP contribution is 2.38. The third kappa shape index (κ3) is 2.87. The van der Waals surface area contributed by atoms with E-state index >= 15 is 0 Å². The smallest absolute Gasteiger partial charge is 0.224 e. The monoisotopic (exact) mass is 282 g/mol. The van der Waals surface area contributed by atoms with Crippen LogP contribution >= 0.6 is 12.2 Å². The molecule has 7 heteroatoms. The summed E-state index contributed by atoms with van der Waals surface area (Å²) in [5.74, 6) is 1.72. The minimum Gasteiger partial charge on any atom is -0.378 e. The molecule has 19 heavy (non-hydrogen) atoms. The average Bonchev–Trinajstić information content (AvgIpc) is 3.22. The Labute approximate surface area is 116 Å². The van der Waals surface area contributed by atoms with Gasteiger partial charge in [-0.25, -0.2) is 0 Å². The van der Waals surface area contributed by atoms with Crippen LogP contribution in [0.3, 0.4) is 0 Å². The predicted molar refractivity (Wildman–Crippen MR) is 71.4 cm³/mol. The lowest BCUT2D eigenvalue weighted by molar-refractivity contribution is -0.135. The number of nitrogens with zero attached hydrogens (tertiary/aromatic N) is 3. The van der Waals surface area contributed by atoms with Crippen molar-refractivity contribution in [3.63, 3.8) is 0 Å². The second-order valence-corrected chi connectivity index (χ2v) is 5.44. The number of nitrogens with one attached hydrogen (secondary N) is 1. The SMILES string of the molecule is O=C(CCn1c(C2CC2)n[nH]c1=S)N1CCOCC1. The van der Waals surface area contributed by atoms with Crippen LogP contribution in [0.4, 0.5) is 0 Å². The topological polar surface area (TPSA) is 63.2 Å². The van der Waals surface area contributed by atoms with Crippen LogP contribution in [0.15, 0.2) is 0 Å². The third-order valence-electron chi connectivity index (χ3n) is 3.64. The summed E-state index contributed by atoms with van der Waals surface area (Å²) in [5.41, 5.74) is 0. The molecule has 2 fully saturated rings. The van der Waals surface area contributed by atoms with Gasteiger partial charge in [0.2, 0.25) is 5.91 Å². The quantitative estimate of drug-likeness (QED) is 0.839. The number of carbonyl (C=O) groups is 1. The van der Waals surface area contributed by atoms with Gasteiger partial charge >= 0.3 is 0 Å². The van der Waals surface area contributed by atoms with Crippen LogP contribution in [0.5, 0.6) is 0 Å². The van der Waals surface area contributed by atoms with Gasteiger partial charge in [-0.3, -0.25) is 9.89 Å². The van der Waals surface area contributed by atoms with Crippen LogP contribution in [0.1, 0.15) is 31.0 Å². The molecule has 2 heterocycles. The van der Waals surface area contributed by atoms with Gasteiger partial charge in [-0.05, 0) is 25.1 Å². The van der Waals surface area contributed by atoms with Gasteiger partial charge < -0.3 is 14.2 Å². The second-order valence-electron chi connectivity index (χ2n) is 5.06. The van der Waals surface area contributed by atoms with Crippen LogP contribution in [0.25, 0.3) is 0 Å². The first-order valence-electron chi connectivity index (χ1n) is 6.76. The first-order chi connectivity index (χ1) is 9.25. The molecular formula is C12H18N4O2S. The number of aromatic amines is 1. The van der Waals surface area contributed by atoms with Crippen LogP contribution < -0.4 is 0 Å². The summed E-state index contributed by atoms with van der Waals surface area (Å²) >= 11 is 5.23. The first-order valence-corrected chi connectivity index (χ1v) is 7.17. The van der Waals surface area contributed by atoms with Gasteiger partial charge in [0, 0.05) is 32.0 Å². The number of morpholine rings is 1. The summed E-state index contributed by atoms with van der Waals surface area (Å²) < 4.78 is 7.85. The molecule has 3 rings (SSSR count). The number of amides is 1. The molecule has 1 aliphatic carbocycles. The maximum absolute atomic E-state index is 12.1. The predicted octanol–water partition coefficient (Wildman–Crippen LogP) is 1.07. The lowest BCUT2D eigenvalue weighted by atomic mass is 10.3. The molecule has 1 saturated carbocycles. The van der Waals surface area contributed by atoms with Gasteiger partial charge in [-0.2, -0.15) is 5.10 Å². The zero-order valence-corrected chi connectivity index (χ0v) is 11.6. The Balaban J connectivity index is 1.61. The van der Waals surface area contributed by atoms with Gasteiger partial charge in [0.15, 0.2) is 4.77 Å². The summed E-state index contributed by atoms with van der Waals surface area (Å²) in [6, 6.07) is 0. The van der Waals surface area contributed by atoms with E-state index in [0.717, 1.165) is 5.82 Å². The molecule has 1 aromatic heterocycles. The zero-order valence-electron chi connectivity index (χ0n) is 10.8. The summed E-state index contributed by atoms with van der Waals surface area (Å²) in [7, 11) is 0. The summed E-state index contributed by atoms with van der Waals surface area (Å²) in [5, 5.41) is 7.10. The van der Waals surface area contributed by atoms with Gasteiger partial charge in [0.1, 0.15) is 5.82 Å². The van der Waals surface area contributed by atoms with Crippen molar-refractivity contribution >= 4 is 18.1 Å². The molecule has 0 atom stereocenters. The first kappa shape index (κ1) is 12.8. The molecular weight excluding hydrogens is 264 g/mol. The molecule has 0 unspecified atom stereocenters. The van der Waals surface area contributed by atoms with Gasteiger partial charge in [-0.1, -0.05) is 0 Å². The number of aromatic nitrogens is 3. The molecule has 0 aromatic carbocycles. The third-order valence-corrected chi connectivity index (χ3v) is 3.96. The van der Waals surface area contributed by atoms with Gasteiger partial charge in [0.25, 0.3) is 0 Å². The fraction of sp³-hybridized carbons (Fsp3) is 0.750. The van der Waals surface area contributed by atoms with E-state index in [2.05, 4.69) is 10.2 Å². The van der Waals surface area contributed by atoms with E-state index in [1.54, 1.807) is 0 Å². The van der Waals surface area contributed by atoms with Gasteiger partial charge in [0.05, 0.1) is 13.2 Å². The van der Waals surface area contributed by atoms with Crippen LogP contribution in [0, 0.1) is 4.77 Å². The molecule has 0 radical (unpaired) electrons. The van der Waals surface area contributed by atoms with Crippen molar-refractivity contribution in [3.05, 3.63) is 10.6 Å². The highest BCUT2D eigenvalue weighted by atomic mass is 32.1. The summed E-state index contributed by atoms with van der Waals surface area (Å²) in [6.45, 7) is 3.31. The van der Waals surface area contributed by atoms with Crippen molar-refractivity contribution in [3.8, 4) is 0 Å². The van der Waals surface area contributed by atoms with Crippen LogP contribution in [0.2, 0.25) is 0 Å². The highest BCUT2D eigenvalue weighted by molar-refractivity contribution is 7.71. The molecule has 1 amide bonds. The van der Waals surface area contributed by atoms with E-state index < -0.39 is 0 Å². The largest absolute Gasteiger partial charge is 0.378 e. The van der Waals surface area contributed by atoms with Crippen molar-refractivity contribution in [2.24, 2.45) is 0 Å². The second kappa shape index (κ2) is 5.42. The molecule has 6 nitrogen and oxygen atoms in total. The zero-order chi connectivity index (χ0) is 13.2. The van der Waals surface area contributed by atoms with Crippen molar-refractivity contribution in [1.29, 1.82) is 0 Å². The molecule has 1 aromatic rings. The minimum absolute atomic E-state index is 0.174. The number of H-pyrrole nitrogens is 1. The average molecular weight is 282 g/mol. The van der Waals surface area contributed by atoms with Crippen molar-refractivity contribution in [2.75, 3.05) is 26.3 Å². The Morgan fingerprint density at radius 1 is 1.42 bits per heavy atom. The molecule has 1 aliphatic heterocycles. The standard InChI is InChI=1S/C12H18N4O2S/c17-10(15-5-7-18-8-6-15)3-4-16-11(9-1-2-9)13-14-12(16)19/h9H,1-8H2,(H,14,19). The van der Waals surface area contributed by atoms with Gasteiger partial charge in [-0.15, -0.1) is 0 Å². The fourth-order valence-electron chi connectivity index (χ4n) is 2.38. The van der Waals surface area contributed by atoms with E-state index in [9.17, 15) is 4.79 Å². The number of hydrogen-bond donors (Lipinski definition) is 1. The molecule has 0 bridgehead atoms. The minimum atomic E-state index is 0.174. The van der Waals surface area contributed by atoms with E-state index in [-0.39, 0.29) is 5.91 Å². The van der Waals surface area contributed by atoms with E-state index in [0.29, 0.717) is 50.0 Å². The summed E-state index contributed by atoms with van der Waals surface area (Å²) in [6.07, 6.45) is 2.83. The van der Waals surface area contributed by atoms with Crippen molar-refractivity contribution < 1.29 is 9.53 Å². The van der Waals surface area contributed by atoms with Crippen molar-refractivity contribution in [1.82, 2.24) is 19.7 Å². The number of hydrogen-bond acceptors (Lipinski definition) is 4. The lowest BCUT2D eigenvalue weighted by Crippen LogP contribution is -2.41. The Kier molecular flexibility index (Phi) is 3.65. The van der Waals surface area contributed by atoms with Crippen molar-refractivity contribution in [2.45, 2.75) is 31.7 Å².